The number of amides is 2. The second kappa shape index (κ2) is 8.63. The molecule has 0 N–H and O–H groups in total. The van der Waals surface area contributed by atoms with E-state index in [1.165, 1.54) is 27.2 Å². The van der Waals surface area contributed by atoms with Gasteiger partial charge in [-0.25, -0.2) is 4.79 Å². The van der Waals surface area contributed by atoms with Crippen LogP contribution in [0.3, 0.4) is 0 Å². The summed E-state index contributed by atoms with van der Waals surface area (Å²) in [5.41, 5.74) is 0.244. The molecule has 1 heterocycles. The van der Waals surface area contributed by atoms with Crippen LogP contribution in [0.1, 0.15) is 43.0 Å². The molecule has 156 valence electrons. The third-order valence-corrected chi connectivity index (χ3v) is 5.66. The first-order valence-electron chi connectivity index (χ1n) is 9.67. The number of carbonyl (C=O) groups is 4. The number of benzene rings is 1. The zero-order valence-corrected chi connectivity index (χ0v) is 16.8. The van der Waals surface area contributed by atoms with Crippen molar-refractivity contribution in [2.75, 3.05) is 20.8 Å². The number of fused-ring (bicyclic) bond motifs is 1. The largest absolute Gasteiger partial charge is 0.497 e. The Morgan fingerprint density at radius 1 is 1.07 bits per heavy atom. The summed E-state index contributed by atoms with van der Waals surface area (Å²) in [6, 6.07) is 3.62. The first kappa shape index (κ1) is 20.8. The van der Waals surface area contributed by atoms with E-state index in [2.05, 4.69) is 0 Å². The molecule has 1 saturated carbocycles. The lowest BCUT2D eigenvalue weighted by molar-refractivity contribution is -0.157. The van der Waals surface area contributed by atoms with Crippen molar-refractivity contribution < 1.29 is 33.4 Å². The number of imide groups is 1. The Morgan fingerprint density at radius 2 is 1.69 bits per heavy atom. The quantitative estimate of drug-likeness (QED) is 0.390. The van der Waals surface area contributed by atoms with Gasteiger partial charge in [0.25, 0.3) is 0 Å². The number of carbonyl (C=O) groups excluding carboxylic acids is 4. The van der Waals surface area contributed by atoms with Gasteiger partial charge in [-0.3, -0.25) is 19.3 Å². The molecule has 1 aromatic rings. The molecule has 2 fully saturated rings. The highest BCUT2D eigenvalue weighted by Gasteiger charge is 2.51. The molecule has 8 nitrogen and oxygen atoms in total. The van der Waals surface area contributed by atoms with Crippen molar-refractivity contribution in [1.29, 1.82) is 0 Å². The van der Waals surface area contributed by atoms with E-state index in [0.29, 0.717) is 24.3 Å². The van der Waals surface area contributed by atoms with Gasteiger partial charge in [0.2, 0.25) is 17.6 Å². The minimum absolute atomic E-state index is 0.244. The van der Waals surface area contributed by atoms with Crippen LogP contribution in [0.4, 0.5) is 0 Å². The molecule has 1 aromatic carbocycles. The predicted molar refractivity (Wildman–Crippen MR) is 102 cm³/mol. The van der Waals surface area contributed by atoms with E-state index in [0.717, 1.165) is 17.7 Å². The van der Waals surface area contributed by atoms with Gasteiger partial charge < -0.3 is 14.2 Å². The van der Waals surface area contributed by atoms with Gasteiger partial charge in [-0.15, -0.1) is 0 Å². The number of rotatable bonds is 7. The van der Waals surface area contributed by atoms with Crippen LogP contribution >= 0.6 is 0 Å². The van der Waals surface area contributed by atoms with Gasteiger partial charge >= 0.3 is 5.97 Å². The molecule has 29 heavy (non-hydrogen) atoms. The third kappa shape index (κ3) is 3.97. The molecule has 0 spiro atoms. The number of hydrogen-bond acceptors (Lipinski definition) is 7. The lowest BCUT2D eigenvalue weighted by Gasteiger charge is -2.21. The summed E-state index contributed by atoms with van der Waals surface area (Å²) in [6.45, 7) is 0.933. The Morgan fingerprint density at radius 3 is 2.24 bits per heavy atom. The highest BCUT2D eigenvalue weighted by molar-refractivity contribution is 6.08. The summed E-state index contributed by atoms with van der Waals surface area (Å²) in [7, 11) is 2.92. The van der Waals surface area contributed by atoms with E-state index in [9.17, 15) is 19.2 Å². The number of methoxy groups -OCH3 is 2. The van der Waals surface area contributed by atoms with Crippen molar-refractivity contribution in [2.24, 2.45) is 11.8 Å². The molecular weight excluding hydrogens is 378 g/mol. The Bertz CT molecular complexity index is 810. The SMILES string of the molecule is COc1ccc(C(=O)COC(=O)[C@H](C)N2C(=O)[C@@H]3CCCC[C@H]3C2=O)c(OC)c1. The van der Waals surface area contributed by atoms with E-state index in [-0.39, 0.29) is 29.2 Å². The Labute approximate surface area is 169 Å². The maximum absolute atomic E-state index is 12.6. The summed E-state index contributed by atoms with van der Waals surface area (Å²) < 4.78 is 15.4. The molecule has 8 heteroatoms. The normalized spacial score (nSPS) is 22.1. The number of likely N-dealkylation sites (tertiary alicyclic amines) is 1. The molecule has 2 aliphatic rings. The number of nitrogens with zero attached hydrogens (tertiary/aromatic N) is 1. The van der Waals surface area contributed by atoms with Crippen molar-refractivity contribution in [1.82, 2.24) is 4.90 Å². The Balaban J connectivity index is 1.64. The lowest BCUT2D eigenvalue weighted by atomic mass is 9.81. The van der Waals surface area contributed by atoms with E-state index >= 15 is 0 Å². The summed E-state index contributed by atoms with van der Waals surface area (Å²) in [5, 5.41) is 0. The number of hydrogen-bond donors (Lipinski definition) is 0. The maximum Gasteiger partial charge on any atom is 0.329 e. The average molecular weight is 403 g/mol. The first-order valence-corrected chi connectivity index (χ1v) is 9.67. The van der Waals surface area contributed by atoms with Crippen LogP contribution in [0.2, 0.25) is 0 Å². The van der Waals surface area contributed by atoms with Crippen molar-refractivity contribution >= 4 is 23.6 Å². The molecular formula is C21H25NO7. The molecule has 0 aromatic heterocycles. The van der Waals surface area contributed by atoms with Gasteiger partial charge in [0.15, 0.2) is 6.61 Å². The molecule has 3 rings (SSSR count). The highest BCUT2D eigenvalue weighted by atomic mass is 16.5. The van der Waals surface area contributed by atoms with Crippen molar-refractivity contribution in [2.45, 2.75) is 38.6 Å². The van der Waals surface area contributed by atoms with Crippen molar-refractivity contribution in [3.63, 3.8) is 0 Å². The predicted octanol–water partition coefficient (Wildman–Crippen LogP) is 1.99. The van der Waals surface area contributed by atoms with Crippen molar-refractivity contribution in [3.8, 4) is 11.5 Å². The van der Waals surface area contributed by atoms with Crippen LogP contribution in [0.15, 0.2) is 18.2 Å². The summed E-state index contributed by atoms with van der Waals surface area (Å²) in [5.74, 6) is -1.72. The highest BCUT2D eigenvalue weighted by Crippen LogP contribution is 2.39. The first-order chi connectivity index (χ1) is 13.9. The van der Waals surface area contributed by atoms with Crippen LogP contribution in [0.25, 0.3) is 0 Å². The monoisotopic (exact) mass is 403 g/mol. The molecule has 1 aliphatic carbocycles. The topological polar surface area (TPSA) is 99.2 Å². The second-order valence-electron chi connectivity index (χ2n) is 7.32. The van der Waals surface area contributed by atoms with Crippen LogP contribution < -0.4 is 9.47 Å². The van der Waals surface area contributed by atoms with Crippen LogP contribution in [-0.2, 0) is 19.1 Å². The fourth-order valence-electron chi connectivity index (χ4n) is 4.04. The fourth-order valence-corrected chi connectivity index (χ4v) is 4.04. The van der Waals surface area contributed by atoms with Gasteiger partial charge in [-0.1, -0.05) is 12.8 Å². The third-order valence-electron chi connectivity index (χ3n) is 5.66. The minimum Gasteiger partial charge on any atom is -0.497 e. The summed E-state index contributed by atoms with van der Waals surface area (Å²) in [4.78, 5) is 51.1. The molecule has 1 aliphatic heterocycles. The Hall–Kier alpha value is -2.90. The zero-order valence-electron chi connectivity index (χ0n) is 16.8. The zero-order chi connectivity index (χ0) is 21.1. The number of ether oxygens (including phenoxy) is 3. The van der Waals surface area contributed by atoms with E-state index in [4.69, 9.17) is 14.2 Å². The molecule has 2 amide bonds. The second-order valence-corrected chi connectivity index (χ2v) is 7.32. The molecule has 0 radical (unpaired) electrons. The molecule has 3 atom stereocenters. The Kier molecular flexibility index (Phi) is 6.20. The number of ketones is 1. The van der Waals surface area contributed by atoms with Gasteiger partial charge in [-0.2, -0.15) is 0 Å². The van der Waals surface area contributed by atoms with E-state index in [1.54, 1.807) is 12.1 Å². The van der Waals surface area contributed by atoms with Crippen molar-refractivity contribution in [3.05, 3.63) is 23.8 Å². The molecule has 1 saturated heterocycles. The van der Waals surface area contributed by atoms with Crippen LogP contribution in [0, 0.1) is 11.8 Å². The molecule has 0 bridgehead atoms. The summed E-state index contributed by atoms with van der Waals surface area (Å²) >= 11 is 0. The van der Waals surface area contributed by atoms with Gasteiger partial charge in [-0.05, 0) is 31.9 Å². The van der Waals surface area contributed by atoms with Gasteiger partial charge in [0, 0.05) is 6.07 Å². The van der Waals surface area contributed by atoms with Crippen LogP contribution in [0.5, 0.6) is 11.5 Å². The number of esters is 1. The summed E-state index contributed by atoms with van der Waals surface area (Å²) in [6.07, 6.45) is 3.16. The lowest BCUT2D eigenvalue weighted by Crippen LogP contribution is -2.44. The maximum atomic E-state index is 12.6. The molecule has 0 unspecified atom stereocenters. The van der Waals surface area contributed by atoms with E-state index in [1.807, 2.05) is 0 Å². The smallest absolute Gasteiger partial charge is 0.329 e. The number of Topliss-reactive ketones (excluding diaryl/α,β-unsaturated/α-hetero) is 1. The minimum atomic E-state index is -1.06. The van der Waals surface area contributed by atoms with Gasteiger partial charge in [0.1, 0.15) is 17.5 Å². The van der Waals surface area contributed by atoms with Crippen LogP contribution in [-0.4, -0.2) is 55.3 Å². The average Bonchev–Trinajstić information content (AvgIpc) is 3.01. The van der Waals surface area contributed by atoms with E-state index < -0.39 is 24.4 Å². The van der Waals surface area contributed by atoms with Gasteiger partial charge in [0.05, 0.1) is 31.6 Å². The standard InChI is InChI=1S/C21H25NO7/c1-12(22-19(24)14-6-4-5-7-15(14)20(22)25)21(26)29-11-17(23)16-9-8-13(27-2)10-18(16)28-3/h8-10,12,14-15H,4-7,11H2,1-3H3/t12-,14+,15+/m0/s1. The fraction of sp³-hybridized carbons (Fsp3) is 0.524.